The van der Waals surface area contributed by atoms with Crippen LogP contribution >= 0.6 is 27.5 Å². The van der Waals surface area contributed by atoms with Crippen molar-refractivity contribution in [3.63, 3.8) is 0 Å². The molecule has 172 valence electrons. The molecule has 7 heteroatoms. The van der Waals surface area contributed by atoms with Crippen LogP contribution in [-0.2, 0) is 11.4 Å². The molecule has 4 rings (SSSR count). The summed E-state index contributed by atoms with van der Waals surface area (Å²) >= 11 is 9.46. The van der Waals surface area contributed by atoms with Crippen LogP contribution in [-0.4, -0.2) is 18.2 Å². The van der Waals surface area contributed by atoms with Crippen LogP contribution in [0.15, 0.2) is 94.5 Å². The van der Waals surface area contributed by atoms with Crippen molar-refractivity contribution >= 4 is 50.4 Å². The lowest BCUT2D eigenvalue weighted by atomic mass is 10.0. The number of nitrogens with zero attached hydrogens (tertiary/aromatic N) is 1. The maximum Gasteiger partial charge on any atom is 0.280 e. The largest absolute Gasteiger partial charge is 0.488 e. The van der Waals surface area contributed by atoms with Gasteiger partial charge in [-0.1, -0.05) is 76.1 Å². The number of hydrogen-bond donors (Lipinski definition) is 1. The van der Waals surface area contributed by atoms with E-state index in [0.29, 0.717) is 23.1 Å². The predicted octanol–water partition coefficient (Wildman–Crippen LogP) is 6.75. The van der Waals surface area contributed by atoms with E-state index in [0.717, 1.165) is 26.4 Å². The summed E-state index contributed by atoms with van der Waals surface area (Å²) in [5.41, 5.74) is 4.36. The Balaban J connectivity index is 1.50. The topological polar surface area (TPSA) is 59.9 Å². The lowest BCUT2D eigenvalue weighted by molar-refractivity contribution is -0.127. The van der Waals surface area contributed by atoms with Gasteiger partial charge in [-0.3, -0.25) is 4.79 Å². The molecule has 1 amide bonds. The Morgan fingerprint density at radius 3 is 2.71 bits per heavy atom. The zero-order chi connectivity index (χ0) is 23.9. The molecule has 0 radical (unpaired) electrons. The molecule has 5 nitrogen and oxygen atoms in total. The van der Waals surface area contributed by atoms with Crippen LogP contribution in [0, 0.1) is 0 Å². The second-order valence-corrected chi connectivity index (χ2v) is 8.92. The second kappa shape index (κ2) is 11.2. The van der Waals surface area contributed by atoms with Gasteiger partial charge in [-0.2, -0.15) is 5.10 Å². The first-order valence-electron chi connectivity index (χ1n) is 10.6. The van der Waals surface area contributed by atoms with Gasteiger partial charge in [0.15, 0.2) is 6.10 Å². The average molecular weight is 538 g/mol. The molecule has 34 heavy (non-hydrogen) atoms. The Hall–Kier alpha value is -3.35. The Morgan fingerprint density at radius 2 is 1.88 bits per heavy atom. The van der Waals surface area contributed by atoms with Gasteiger partial charge < -0.3 is 9.47 Å². The fraction of sp³-hybridized carbons (Fsp3) is 0.111. The van der Waals surface area contributed by atoms with E-state index in [1.807, 2.05) is 60.7 Å². The first-order valence-corrected chi connectivity index (χ1v) is 11.8. The number of benzene rings is 4. The minimum absolute atomic E-state index is 0.381. The van der Waals surface area contributed by atoms with Gasteiger partial charge in [-0.05, 0) is 59.7 Å². The smallest absolute Gasteiger partial charge is 0.280 e. The molecule has 0 spiro atoms. The third-order valence-corrected chi connectivity index (χ3v) is 5.79. The van der Waals surface area contributed by atoms with Gasteiger partial charge in [0.25, 0.3) is 5.91 Å². The average Bonchev–Trinajstić information content (AvgIpc) is 2.83. The summed E-state index contributed by atoms with van der Waals surface area (Å²) in [4.78, 5) is 12.5. The molecule has 0 unspecified atom stereocenters. The number of carbonyl (C=O) groups excluding carboxylic acids is 1. The van der Waals surface area contributed by atoms with E-state index in [2.05, 4.69) is 26.5 Å². The minimum Gasteiger partial charge on any atom is -0.488 e. The van der Waals surface area contributed by atoms with Gasteiger partial charge in [-0.25, -0.2) is 5.43 Å². The van der Waals surface area contributed by atoms with Gasteiger partial charge in [-0.15, -0.1) is 0 Å². The van der Waals surface area contributed by atoms with Crippen molar-refractivity contribution in [3.8, 4) is 11.5 Å². The zero-order valence-corrected chi connectivity index (χ0v) is 20.7. The summed E-state index contributed by atoms with van der Waals surface area (Å²) in [5, 5.41) is 6.73. The number of halogens is 2. The number of rotatable bonds is 8. The summed E-state index contributed by atoms with van der Waals surface area (Å²) in [5.74, 6) is 0.796. The van der Waals surface area contributed by atoms with Gasteiger partial charge in [0.2, 0.25) is 0 Å². The quantitative estimate of drug-likeness (QED) is 0.200. The highest BCUT2D eigenvalue weighted by Gasteiger charge is 2.14. The monoisotopic (exact) mass is 536 g/mol. The summed E-state index contributed by atoms with van der Waals surface area (Å²) in [6.07, 6.45) is 0.846. The van der Waals surface area contributed by atoms with Gasteiger partial charge in [0.05, 0.1) is 6.21 Å². The first kappa shape index (κ1) is 23.8. The van der Waals surface area contributed by atoms with E-state index in [9.17, 15) is 4.79 Å². The number of ether oxygens (including phenoxy) is 2. The zero-order valence-electron chi connectivity index (χ0n) is 18.4. The lowest BCUT2D eigenvalue weighted by Gasteiger charge is -2.14. The first-order chi connectivity index (χ1) is 16.5. The van der Waals surface area contributed by atoms with Crippen LogP contribution in [0.25, 0.3) is 10.8 Å². The number of carbonyl (C=O) groups is 1. The molecule has 0 saturated heterocycles. The molecule has 0 aliphatic carbocycles. The molecule has 4 aromatic rings. The van der Waals surface area contributed by atoms with E-state index in [-0.39, 0.29) is 5.91 Å². The SMILES string of the molecule is C[C@H](Oc1cccc(Cl)c1)C(=O)NN=Cc1c(OCc2cccc(Br)c2)ccc2ccccc12. The third-order valence-electron chi connectivity index (χ3n) is 5.06. The van der Waals surface area contributed by atoms with Crippen molar-refractivity contribution in [1.29, 1.82) is 0 Å². The van der Waals surface area contributed by atoms with Gasteiger partial charge >= 0.3 is 0 Å². The number of nitrogens with one attached hydrogen (secondary N) is 1. The fourth-order valence-electron chi connectivity index (χ4n) is 3.37. The van der Waals surface area contributed by atoms with E-state index < -0.39 is 6.10 Å². The maximum atomic E-state index is 12.5. The standard InChI is InChI=1S/C27H22BrClN2O3/c1-18(34-23-10-5-9-22(29)15-23)27(32)31-30-16-25-24-11-3-2-7-20(24)12-13-26(25)33-17-19-6-4-8-21(28)14-19/h2-16,18H,17H2,1H3,(H,31,32)/t18-/m0/s1. The molecule has 0 heterocycles. The highest BCUT2D eigenvalue weighted by molar-refractivity contribution is 9.10. The fourth-order valence-corrected chi connectivity index (χ4v) is 4.00. The van der Waals surface area contributed by atoms with Gasteiger partial charge in [0.1, 0.15) is 18.1 Å². The molecular formula is C27H22BrClN2O3. The normalized spacial score (nSPS) is 12.0. The Bertz CT molecular complexity index is 1340. The highest BCUT2D eigenvalue weighted by Crippen LogP contribution is 2.28. The number of hydrazone groups is 1. The summed E-state index contributed by atoms with van der Waals surface area (Å²) < 4.78 is 12.8. The van der Waals surface area contributed by atoms with Crippen LogP contribution < -0.4 is 14.9 Å². The van der Waals surface area contributed by atoms with E-state index in [1.54, 1.807) is 37.4 Å². The number of hydrogen-bond acceptors (Lipinski definition) is 4. The van der Waals surface area contributed by atoms with Crippen molar-refractivity contribution in [2.45, 2.75) is 19.6 Å². The Kier molecular flexibility index (Phi) is 7.83. The highest BCUT2D eigenvalue weighted by atomic mass is 79.9. The Morgan fingerprint density at radius 1 is 1.06 bits per heavy atom. The molecule has 4 aromatic carbocycles. The van der Waals surface area contributed by atoms with Crippen LogP contribution in [0.4, 0.5) is 0 Å². The molecular weight excluding hydrogens is 516 g/mol. The third kappa shape index (κ3) is 6.16. The van der Waals surface area contributed by atoms with Gasteiger partial charge in [0, 0.05) is 15.1 Å². The molecule has 0 aromatic heterocycles. The Labute approximate surface area is 211 Å². The number of fused-ring (bicyclic) bond motifs is 1. The summed E-state index contributed by atoms with van der Waals surface area (Å²) in [6.45, 7) is 2.05. The molecule has 0 fully saturated rings. The van der Waals surface area contributed by atoms with Crippen molar-refractivity contribution < 1.29 is 14.3 Å². The summed E-state index contributed by atoms with van der Waals surface area (Å²) in [7, 11) is 0. The molecule has 0 bridgehead atoms. The maximum absolute atomic E-state index is 12.5. The van der Waals surface area contributed by atoms with Crippen LogP contribution in [0.3, 0.4) is 0 Å². The van der Waals surface area contributed by atoms with Crippen molar-refractivity contribution in [2.24, 2.45) is 5.10 Å². The van der Waals surface area contributed by atoms with Crippen LogP contribution in [0.1, 0.15) is 18.1 Å². The molecule has 0 aliphatic heterocycles. The van der Waals surface area contributed by atoms with E-state index >= 15 is 0 Å². The molecule has 0 aliphatic rings. The molecule has 1 N–H and O–H groups in total. The lowest BCUT2D eigenvalue weighted by Crippen LogP contribution is -2.33. The van der Waals surface area contributed by atoms with Crippen molar-refractivity contribution in [3.05, 3.63) is 106 Å². The molecule has 1 atom stereocenters. The van der Waals surface area contributed by atoms with Crippen LogP contribution in [0.2, 0.25) is 5.02 Å². The predicted molar refractivity (Wildman–Crippen MR) is 140 cm³/mol. The minimum atomic E-state index is -0.754. The van der Waals surface area contributed by atoms with Crippen molar-refractivity contribution in [1.82, 2.24) is 5.43 Å². The van der Waals surface area contributed by atoms with E-state index in [4.69, 9.17) is 21.1 Å². The summed E-state index contributed by atoms with van der Waals surface area (Å²) in [6, 6.07) is 26.7. The van der Waals surface area contributed by atoms with Crippen LogP contribution in [0.5, 0.6) is 11.5 Å². The molecule has 0 saturated carbocycles. The number of amides is 1. The second-order valence-electron chi connectivity index (χ2n) is 7.57. The van der Waals surface area contributed by atoms with Crippen molar-refractivity contribution in [2.75, 3.05) is 0 Å². The van der Waals surface area contributed by atoms with E-state index in [1.165, 1.54) is 0 Å².